The number of aliphatic hydroxyl groups excluding tert-OH is 13. The van der Waals surface area contributed by atoms with Gasteiger partial charge in [-0.05, 0) is 98.2 Å². The molecule has 0 unspecified atom stereocenters. The van der Waals surface area contributed by atoms with Crippen molar-refractivity contribution in [2.24, 2.45) is 50.2 Å². The van der Waals surface area contributed by atoms with E-state index in [0.717, 1.165) is 5.57 Å². The molecule has 0 bridgehead atoms. The Hall–Kier alpha value is -2.42. The summed E-state index contributed by atoms with van der Waals surface area (Å²) in [5, 5.41) is 155. The van der Waals surface area contributed by atoms with Gasteiger partial charge < -0.3 is 114 Å². The van der Waals surface area contributed by atoms with Crippen LogP contribution in [0.4, 0.5) is 0 Å². The highest BCUT2D eigenvalue weighted by molar-refractivity contribution is 5.87. The summed E-state index contributed by atoms with van der Waals surface area (Å²) in [7, 11) is 0. The normalized spacial score (nSPS) is 52.0. The molecule has 29 atom stereocenters. The quantitative estimate of drug-likeness (QED) is 0.0420. The van der Waals surface area contributed by atoms with Crippen molar-refractivity contribution in [1.29, 1.82) is 0 Å². The van der Waals surface area contributed by atoms with Gasteiger partial charge in [-0.25, -0.2) is 9.59 Å². The molecule has 0 aromatic heterocycles. The number of hydrogen-bond acceptors (Lipinski definition) is 24. The highest BCUT2D eigenvalue weighted by Crippen LogP contribution is 2.76. The molecule has 9 rings (SSSR count). The van der Waals surface area contributed by atoms with Crippen LogP contribution < -0.4 is 0 Å². The molecule has 468 valence electrons. The van der Waals surface area contributed by atoms with Gasteiger partial charge in [0.25, 0.3) is 0 Å². The van der Waals surface area contributed by atoms with E-state index in [2.05, 4.69) is 26.8 Å². The van der Waals surface area contributed by atoms with Gasteiger partial charge in [0.1, 0.15) is 91.6 Å². The Morgan fingerprint density at radius 1 is 0.671 bits per heavy atom. The molecule has 4 aliphatic heterocycles. The summed E-state index contributed by atoms with van der Waals surface area (Å²) >= 11 is 0. The molecule has 9 aliphatic rings. The van der Waals surface area contributed by atoms with Crippen LogP contribution in [-0.2, 0) is 52.2 Å². The largest absolute Gasteiger partial charge is 0.479 e. The van der Waals surface area contributed by atoms with E-state index in [1.807, 2.05) is 27.7 Å². The number of carboxylic acid groups (broad SMARTS) is 1. The van der Waals surface area contributed by atoms with E-state index in [1.54, 1.807) is 19.9 Å². The average Bonchev–Trinajstić information content (AvgIpc) is 0.997. The Morgan fingerprint density at radius 2 is 1.29 bits per heavy atom. The number of ether oxygens (including phenoxy) is 9. The van der Waals surface area contributed by atoms with Gasteiger partial charge in [0.2, 0.25) is 0 Å². The molecule has 25 heteroatoms. The molecule has 14 N–H and O–H groups in total. The molecular weight excluding hydrogens is 1080 g/mol. The first-order chi connectivity index (χ1) is 38.3. The number of carbonyl (C=O) groups excluding carboxylic acids is 1. The van der Waals surface area contributed by atoms with Gasteiger partial charge in [0.05, 0.1) is 44.1 Å². The van der Waals surface area contributed by atoms with Gasteiger partial charge in [0, 0.05) is 11.0 Å². The molecule has 4 saturated carbocycles. The van der Waals surface area contributed by atoms with E-state index >= 15 is 0 Å². The molecule has 82 heavy (non-hydrogen) atoms. The minimum absolute atomic E-state index is 0.0195. The lowest BCUT2D eigenvalue weighted by Crippen LogP contribution is -2.72. The molecule has 0 amide bonds. The maximum Gasteiger partial charge on any atom is 0.335 e. The zero-order valence-electron chi connectivity index (χ0n) is 48.1. The molecule has 0 aromatic rings. The zero-order valence-corrected chi connectivity index (χ0v) is 48.1. The highest BCUT2D eigenvalue weighted by atomic mass is 16.8. The van der Waals surface area contributed by atoms with Gasteiger partial charge in [-0.2, -0.15) is 0 Å². The highest BCUT2D eigenvalue weighted by Gasteiger charge is 2.73. The number of carbonyl (C=O) groups is 2. The fraction of sp³-hybridized carbons (Fsp3) is 0.895. The molecule has 0 aromatic carbocycles. The zero-order chi connectivity index (χ0) is 60.3. The lowest BCUT2D eigenvalue weighted by molar-refractivity contribution is -0.399. The smallest absolute Gasteiger partial charge is 0.335 e. The molecule has 4 saturated heterocycles. The summed E-state index contributed by atoms with van der Waals surface area (Å²) in [5.74, 6) is -2.80. The number of hydrogen-bond donors (Lipinski definition) is 14. The van der Waals surface area contributed by atoms with E-state index in [1.165, 1.54) is 0 Å². The summed E-state index contributed by atoms with van der Waals surface area (Å²) in [5.41, 5.74) is -2.96. The van der Waals surface area contributed by atoms with Gasteiger partial charge in [-0.15, -0.1) is 0 Å². The summed E-state index contributed by atoms with van der Waals surface area (Å²) in [4.78, 5) is 26.3. The second kappa shape index (κ2) is 23.3. The molecule has 0 radical (unpaired) electrons. The van der Waals surface area contributed by atoms with Gasteiger partial charge in [0.15, 0.2) is 31.3 Å². The van der Waals surface area contributed by atoms with Crippen molar-refractivity contribution in [2.75, 3.05) is 26.4 Å². The Morgan fingerprint density at radius 3 is 1.93 bits per heavy atom. The predicted molar refractivity (Wildman–Crippen MR) is 279 cm³/mol. The third-order valence-corrected chi connectivity index (χ3v) is 22.0. The van der Waals surface area contributed by atoms with Crippen LogP contribution in [0.2, 0.25) is 0 Å². The molecular formula is C57H90O25. The Balaban J connectivity index is 1.02. The second-order valence-electron chi connectivity index (χ2n) is 27.0. The lowest BCUT2D eigenvalue weighted by atomic mass is 9.33. The lowest BCUT2D eigenvalue weighted by Gasteiger charge is -2.72. The van der Waals surface area contributed by atoms with Crippen LogP contribution >= 0.6 is 0 Å². The SMILES string of the molecule is C/C=C(/C)C(=O)O[C@H]1[C@H](O)[C@]2(CO)[C@H](O)C[C@]3(C)C(=CC[C@@H]4[C@@]5(C)CC[C@H](O[C@@H]6O[C@H](C(=O)O)[C@@H](O)[C@H](O[C@@H]7OC[C@H](O)[C@H](O)[C@H]7O[C@@H]7OC[C@@H](O)[C@H](O)[C@H]7O)[C@H]6O[C@@H]6O[C@H](CO)[C@H](O)[C@H](O)[C@H]6O)C(C)(C)[C@@H]5CC[C@]43C)[C@@H]2CC1(C)C. The van der Waals surface area contributed by atoms with Gasteiger partial charge in [-0.3, -0.25) is 0 Å². The number of esters is 1. The van der Waals surface area contributed by atoms with Gasteiger partial charge >= 0.3 is 11.9 Å². The van der Waals surface area contributed by atoms with Crippen LogP contribution in [0.25, 0.3) is 0 Å². The number of allylic oxidation sites excluding steroid dienone is 3. The van der Waals surface area contributed by atoms with Crippen LogP contribution in [0.5, 0.6) is 0 Å². The second-order valence-corrected chi connectivity index (χ2v) is 27.0. The Labute approximate surface area is 476 Å². The Kier molecular flexibility index (Phi) is 18.2. The van der Waals surface area contributed by atoms with E-state index < -0.39 is 212 Å². The first-order valence-corrected chi connectivity index (χ1v) is 28.9. The van der Waals surface area contributed by atoms with E-state index in [4.69, 9.17) is 42.6 Å². The van der Waals surface area contributed by atoms with Crippen molar-refractivity contribution in [3.8, 4) is 0 Å². The van der Waals surface area contributed by atoms with E-state index in [-0.39, 0.29) is 18.3 Å². The maximum absolute atomic E-state index is 13.2. The van der Waals surface area contributed by atoms with Gasteiger partial charge in [-0.1, -0.05) is 66.2 Å². The van der Waals surface area contributed by atoms with Crippen molar-refractivity contribution in [3.05, 3.63) is 23.3 Å². The molecule has 4 heterocycles. The molecule has 8 fully saturated rings. The summed E-state index contributed by atoms with van der Waals surface area (Å²) in [6.45, 7) is 15.5. The number of aliphatic hydroxyl groups is 13. The predicted octanol–water partition coefficient (Wildman–Crippen LogP) is -1.76. The van der Waals surface area contributed by atoms with Crippen LogP contribution in [0, 0.1) is 50.2 Å². The van der Waals surface area contributed by atoms with Crippen molar-refractivity contribution in [3.63, 3.8) is 0 Å². The monoisotopic (exact) mass is 1170 g/mol. The van der Waals surface area contributed by atoms with Crippen molar-refractivity contribution in [2.45, 2.75) is 242 Å². The number of fused-ring (bicyclic) bond motifs is 7. The molecule has 5 aliphatic carbocycles. The first kappa shape index (κ1) is 64.1. The summed E-state index contributed by atoms with van der Waals surface area (Å²) < 4.78 is 54.5. The van der Waals surface area contributed by atoms with Crippen LogP contribution in [-0.4, -0.2) is 245 Å². The van der Waals surface area contributed by atoms with Crippen LogP contribution in [0.3, 0.4) is 0 Å². The molecule has 0 spiro atoms. The third kappa shape index (κ3) is 10.3. The van der Waals surface area contributed by atoms with Crippen molar-refractivity contribution < 1.29 is 124 Å². The fourth-order valence-corrected chi connectivity index (χ4v) is 16.8. The average molecular weight is 1180 g/mol. The summed E-state index contributed by atoms with van der Waals surface area (Å²) in [6, 6.07) is 0. The van der Waals surface area contributed by atoms with E-state index in [9.17, 15) is 81.1 Å². The summed E-state index contributed by atoms with van der Waals surface area (Å²) in [6.07, 6.45) is -30.4. The van der Waals surface area contributed by atoms with Crippen LogP contribution in [0.1, 0.15) is 107 Å². The Bertz CT molecular complexity index is 2370. The van der Waals surface area contributed by atoms with E-state index in [0.29, 0.717) is 44.1 Å². The standard InChI is InChI=1S/C57H90O25/c1-10-23(2)47(73)82-45-44(70)57(22-59)25(17-52(45,3)4)24-11-12-30-54(7)15-14-32(53(5,6)29(54)13-16-55(30,8)56(24,9)18-31(57)62)77-51-43(81-49-38(68)36(66)35(65)28(19-58)76-49)40(39(69)41(79-51)46(71)72)78-50-42(34(64)27(61)21-75-50)80-48-37(67)33(63)26(60)20-74-48/h10-11,25-45,48-51,58-70H,12-22H2,1-9H3,(H,71,72)/b23-10-/t25-,26+,27-,28+,29-,30+,31+,32-,33-,34-,35-,36-,37+,38+,39-,40-,41-,42+,43+,44-,45-,48-,49-,50-,51+,54-,55+,56+,57-/m0/s1. The molecule has 25 nitrogen and oxygen atoms in total. The first-order valence-electron chi connectivity index (χ1n) is 28.9. The number of aliphatic carboxylic acids is 1. The number of rotatable bonds is 13. The van der Waals surface area contributed by atoms with Crippen molar-refractivity contribution >= 4 is 11.9 Å². The fourth-order valence-electron chi connectivity index (χ4n) is 16.8. The minimum Gasteiger partial charge on any atom is -0.479 e. The number of carboxylic acids is 1. The minimum atomic E-state index is -2.20. The third-order valence-electron chi connectivity index (χ3n) is 22.0. The maximum atomic E-state index is 13.2. The topological polar surface area (TPSA) is 400 Å². The van der Waals surface area contributed by atoms with Crippen LogP contribution in [0.15, 0.2) is 23.3 Å². The van der Waals surface area contributed by atoms with Crippen molar-refractivity contribution in [1.82, 2.24) is 0 Å².